The van der Waals surface area contributed by atoms with E-state index in [4.69, 9.17) is 9.15 Å². The molecule has 0 bridgehead atoms. The topological polar surface area (TPSA) is 52.3 Å². The largest absolute Gasteiger partial charge is 0.461 e. The van der Waals surface area contributed by atoms with Gasteiger partial charge in [-0.1, -0.05) is 6.07 Å². The summed E-state index contributed by atoms with van der Waals surface area (Å²) in [5.41, 5.74) is 1.41. The first-order chi connectivity index (χ1) is 8.61. The van der Waals surface area contributed by atoms with Crippen molar-refractivity contribution in [2.24, 2.45) is 0 Å². The van der Waals surface area contributed by atoms with Crippen LogP contribution in [0.15, 0.2) is 28.9 Å². The van der Waals surface area contributed by atoms with Gasteiger partial charge in [-0.15, -0.1) is 0 Å². The van der Waals surface area contributed by atoms with E-state index in [1.54, 1.807) is 13.0 Å². The van der Waals surface area contributed by atoms with Crippen LogP contribution >= 0.6 is 0 Å². The number of nitrogens with zero attached hydrogens (tertiary/aromatic N) is 1. The number of carbonyl (C=O) groups is 1. The third-order valence-corrected chi connectivity index (χ3v) is 2.42. The number of ether oxygens (including phenoxy) is 1. The van der Waals surface area contributed by atoms with Gasteiger partial charge in [0.25, 0.3) is 0 Å². The fraction of sp³-hybridized carbons (Fsp3) is 0.231. The predicted octanol–water partition coefficient (Wildman–Crippen LogP) is 2.97. The monoisotopic (exact) mass is 249 g/mol. The Morgan fingerprint density at radius 2 is 2.28 bits per heavy atom. The van der Waals surface area contributed by atoms with Gasteiger partial charge in [-0.2, -0.15) is 0 Å². The van der Waals surface area contributed by atoms with E-state index >= 15 is 0 Å². The Balaban J connectivity index is 2.35. The molecule has 2 aromatic rings. The Morgan fingerprint density at radius 3 is 3.00 bits per heavy atom. The minimum Gasteiger partial charge on any atom is -0.461 e. The van der Waals surface area contributed by atoms with Crippen LogP contribution in [0.5, 0.6) is 0 Å². The first kappa shape index (κ1) is 12.3. The molecule has 0 radical (unpaired) electrons. The Morgan fingerprint density at radius 1 is 1.50 bits per heavy atom. The minimum atomic E-state index is -0.554. The van der Waals surface area contributed by atoms with Gasteiger partial charge < -0.3 is 9.15 Å². The van der Waals surface area contributed by atoms with Crippen LogP contribution < -0.4 is 0 Å². The van der Waals surface area contributed by atoms with Crippen molar-refractivity contribution in [2.75, 3.05) is 6.61 Å². The zero-order valence-corrected chi connectivity index (χ0v) is 10.1. The molecule has 5 heteroatoms. The molecule has 1 aromatic carbocycles. The highest BCUT2D eigenvalue weighted by molar-refractivity contribution is 5.87. The number of carbonyl (C=O) groups excluding carboxylic acids is 1. The van der Waals surface area contributed by atoms with Gasteiger partial charge in [0.1, 0.15) is 12.1 Å². The molecule has 94 valence electrons. The second-order valence-electron chi connectivity index (χ2n) is 3.72. The summed E-state index contributed by atoms with van der Waals surface area (Å²) in [6.07, 6.45) is 1.21. The molecule has 18 heavy (non-hydrogen) atoms. The van der Waals surface area contributed by atoms with Gasteiger partial charge in [-0.3, -0.25) is 0 Å². The quantitative estimate of drug-likeness (QED) is 0.785. The predicted molar refractivity (Wildman–Crippen MR) is 62.6 cm³/mol. The summed E-state index contributed by atoms with van der Waals surface area (Å²) in [5, 5.41) is 0. The van der Waals surface area contributed by atoms with E-state index in [1.165, 1.54) is 18.4 Å². The van der Waals surface area contributed by atoms with Crippen molar-refractivity contribution in [1.29, 1.82) is 0 Å². The lowest BCUT2D eigenvalue weighted by atomic mass is 10.1. The maximum atomic E-state index is 13.2. The summed E-state index contributed by atoms with van der Waals surface area (Å²) in [6, 6.07) is 4.29. The van der Waals surface area contributed by atoms with Gasteiger partial charge in [0, 0.05) is 5.56 Å². The lowest BCUT2D eigenvalue weighted by Crippen LogP contribution is -2.04. The van der Waals surface area contributed by atoms with Crippen LogP contribution in [0.4, 0.5) is 4.39 Å². The van der Waals surface area contributed by atoms with Crippen LogP contribution in [0.1, 0.15) is 23.0 Å². The molecular weight excluding hydrogens is 237 g/mol. The van der Waals surface area contributed by atoms with E-state index in [-0.39, 0.29) is 24.0 Å². The van der Waals surface area contributed by atoms with Gasteiger partial charge >= 0.3 is 5.97 Å². The average molecular weight is 249 g/mol. The van der Waals surface area contributed by atoms with Crippen LogP contribution in [0.25, 0.3) is 11.5 Å². The van der Waals surface area contributed by atoms with Crippen molar-refractivity contribution >= 4 is 5.97 Å². The van der Waals surface area contributed by atoms with Crippen molar-refractivity contribution in [3.05, 3.63) is 41.5 Å². The second kappa shape index (κ2) is 5.00. The Labute approximate surface area is 103 Å². The highest BCUT2D eigenvalue weighted by atomic mass is 19.1. The summed E-state index contributed by atoms with van der Waals surface area (Å²) in [4.78, 5) is 15.4. The number of halogens is 1. The molecule has 0 saturated heterocycles. The molecule has 0 atom stereocenters. The first-order valence-electron chi connectivity index (χ1n) is 5.51. The van der Waals surface area contributed by atoms with E-state index < -0.39 is 5.97 Å². The lowest BCUT2D eigenvalue weighted by Gasteiger charge is -2.00. The summed E-state index contributed by atoms with van der Waals surface area (Å²) < 4.78 is 23.1. The molecule has 0 aliphatic rings. The average Bonchev–Trinajstić information content (AvgIpc) is 2.82. The SMILES string of the molecule is CCOC(=O)c1coc(-c2cc(F)ccc2C)n1. The number of hydrogen-bond acceptors (Lipinski definition) is 4. The summed E-state index contributed by atoms with van der Waals surface area (Å²) in [7, 11) is 0. The maximum absolute atomic E-state index is 13.2. The number of aromatic nitrogens is 1. The Kier molecular flexibility index (Phi) is 3.41. The van der Waals surface area contributed by atoms with Crippen molar-refractivity contribution in [3.8, 4) is 11.5 Å². The van der Waals surface area contributed by atoms with E-state index in [9.17, 15) is 9.18 Å². The van der Waals surface area contributed by atoms with Crippen molar-refractivity contribution in [1.82, 2.24) is 4.98 Å². The standard InChI is InChI=1S/C13H12FNO3/c1-3-17-13(16)11-7-18-12(15-11)10-6-9(14)5-4-8(10)2/h4-7H,3H2,1-2H3. The van der Waals surface area contributed by atoms with Crippen LogP contribution in [-0.4, -0.2) is 17.6 Å². The molecular formula is C13H12FNO3. The van der Waals surface area contributed by atoms with Crippen LogP contribution in [0, 0.1) is 12.7 Å². The number of rotatable bonds is 3. The van der Waals surface area contributed by atoms with Crippen molar-refractivity contribution in [2.45, 2.75) is 13.8 Å². The third kappa shape index (κ3) is 2.40. The smallest absolute Gasteiger partial charge is 0.360 e. The van der Waals surface area contributed by atoms with Gasteiger partial charge in [-0.05, 0) is 31.5 Å². The molecule has 0 N–H and O–H groups in total. The van der Waals surface area contributed by atoms with Gasteiger partial charge in [0.2, 0.25) is 5.89 Å². The normalized spacial score (nSPS) is 10.4. The Hall–Kier alpha value is -2.17. The highest BCUT2D eigenvalue weighted by Gasteiger charge is 2.15. The number of esters is 1. The van der Waals surface area contributed by atoms with Crippen molar-refractivity contribution < 1.29 is 18.3 Å². The number of oxazole rings is 1. The van der Waals surface area contributed by atoms with Crippen molar-refractivity contribution in [3.63, 3.8) is 0 Å². The van der Waals surface area contributed by atoms with E-state index in [0.29, 0.717) is 5.56 Å². The van der Waals surface area contributed by atoms with E-state index in [0.717, 1.165) is 5.56 Å². The van der Waals surface area contributed by atoms with Gasteiger partial charge in [-0.25, -0.2) is 14.2 Å². The fourth-order valence-electron chi connectivity index (χ4n) is 1.52. The number of benzene rings is 1. The summed E-state index contributed by atoms with van der Waals surface area (Å²) in [5.74, 6) is -0.733. The van der Waals surface area contributed by atoms with Gasteiger partial charge in [0.05, 0.1) is 6.61 Å². The van der Waals surface area contributed by atoms with Gasteiger partial charge in [0.15, 0.2) is 5.69 Å². The molecule has 1 aromatic heterocycles. The van der Waals surface area contributed by atoms with Crippen LogP contribution in [0.2, 0.25) is 0 Å². The molecule has 0 saturated carbocycles. The molecule has 0 amide bonds. The molecule has 1 heterocycles. The highest BCUT2D eigenvalue weighted by Crippen LogP contribution is 2.23. The summed E-state index contributed by atoms with van der Waals surface area (Å²) in [6.45, 7) is 3.78. The van der Waals surface area contributed by atoms with Crippen LogP contribution in [-0.2, 0) is 4.74 Å². The molecule has 4 nitrogen and oxygen atoms in total. The Bertz CT molecular complexity index is 577. The van der Waals surface area contributed by atoms with E-state index in [1.807, 2.05) is 6.92 Å². The number of aryl methyl sites for hydroxylation is 1. The van der Waals surface area contributed by atoms with E-state index in [2.05, 4.69) is 4.98 Å². The molecule has 0 spiro atoms. The first-order valence-corrected chi connectivity index (χ1v) is 5.51. The molecule has 0 aliphatic heterocycles. The summed E-state index contributed by atoms with van der Waals surface area (Å²) >= 11 is 0. The number of hydrogen-bond donors (Lipinski definition) is 0. The lowest BCUT2D eigenvalue weighted by molar-refractivity contribution is 0.0519. The second-order valence-corrected chi connectivity index (χ2v) is 3.72. The molecule has 0 aliphatic carbocycles. The zero-order valence-electron chi connectivity index (χ0n) is 10.1. The minimum absolute atomic E-state index is 0.0792. The molecule has 0 unspecified atom stereocenters. The zero-order chi connectivity index (χ0) is 13.1. The maximum Gasteiger partial charge on any atom is 0.360 e. The molecule has 0 fully saturated rings. The van der Waals surface area contributed by atoms with Crippen LogP contribution in [0.3, 0.4) is 0 Å². The fourth-order valence-corrected chi connectivity index (χ4v) is 1.52. The third-order valence-electron chi connectivity index (χ3n) is 2.42. The molecule has 2 rings (SSSR count).